The van der Waals surface area contributed by atoms with Crippen LogP contribution >= 0.6 is 11.3 Å². The first-order valence-corrected chi connectivity index (χ1v) is 9.52. The number of carbonyl (C=O) groups is 1. The van der Waals surface area contributed by atoms with Gasteiger partial charge in [0, 0.05) is 24.5 Å². The molecule has 0 saturated heterocycles. The van der Waals surface area contributed by atoms with Crippen LogP contribution in [0.4, 0.5) is 0 Å². The first-order chi connectivity index (χ1) is 13.6. The quantitative estimate of drug-likeness (QED) is 0.466. The van der Waals surface area contributed by atoms with Crippen LogP contribution in [0.25, 0.3) is 21.6 Å². The molecule has 142 valence electrons. The van der Waals surface area contributed by atoms with E-state index in [2.05, 4.69) is 15.1 Å². The largest absolute Gasteiger partial charge is 0.459 e. The molecule has 0 radical (unpaired) electrons. The molecule has 0 bridgehead atoms. The zero-order valence-corrected chi connectivity index (χ0v) is 15.9. The van der Waals surface area contributed by atoms with Gasteiger partial charge in [0.1, 0.15) is 17.0 Å². The molecule has 1 aromatic carbocycles. The van der Waals surface area contributed by atoms with E-state index in [4.69, 9.17) is 4.74 Å². The average Bonchev–Trinajstić information content (AvgIpc) is 3.34. The van der Waals surface area contributed by atoms with Crippen molar-refractivity contribution in [2.24, 2.45) is 7.05 Å². The van der Waals surface area contributed by atoms with Crippen LogP contribution in [-0.2, 0) is 29.7 Å². The molecule has 0 aliphatic carbocycles. The van der Waals surface area contributed by atoms with Crippen molar-refractivity contribution in [3.05, 3.63) is 64.3 Å². The van der Waals surface area contributed by atoms with Gasteiger partial charge in [-0.05, 0) is 0 Å². The van der Waals surface area contributed by atoms with E-state index in [1.165, 1.54) is 33.1 Å². The lowest BCUT2D eigenvalue weighted by Crippen LogP contribution is -2.22. The Hall–Kier alpha value is -3.33. The molecule has 4 rings (SSSR count). The maximum absolute atomic E-state index is 12.4. The minimum absolute atomic E-state index is 0.0725. The van der Waals surface area contributed by atoms with Gasteiger partial charge in [0.05, 0.1) is 24.6 Å². The number of hydrogen-bond acceptors (Lipinski definition) is 7. The molecule has 3 heterocycles. The number of nitrogens with zero attached hydrogens (tertiary/aromatic N) is 5. The SMILES string of the molecule is Cn1ncc2c(=O)n(CCC(=O)OCc3csc(-c4ccccc4)n3)cnc21. The van der Waals surface area contributed by atoms with E-state index >= 15 is 0 Å². The lowest BCUT2D eigenvalue weighted by Gasteiger charge is -2.06. The van der Waals surface area contributed by atoms with Crippen LogP contribution in [0.5, 0.6) is 0 Å². The zero-order chi connectivity index (χ0) is 19.5. The van der Waals surface area contributed by atoms with Gasteiger partial charge in [-0.3, -0.25) is 18.8 Å². The lowest BCUT2D eigenvalue weighted by molar-refractivity contribution is -0.145. The van der Waals surface area contributed by atoms with Gasteiger partial charge in [-0.1, -0.05) is 30.3 Å². The van der Waals surface area contributed by atoms with Crippen molar-refractivity contribution in [2.45, 2.75) is 19.6 Å². The number of benzene rings is 1. The normalized spacial score (nSPS) is 11.0. The third kappa shape index (κ3) is 3.70. The van der Waals surface area contributed by atoms with Crippen LogP contribution in [0, 0.1) is 0 Å². The molecule has 0 atom stereocenters. The molecule has 28 heavy (non-hydrogen) atoms. The molecule has 0 N–H and O–H groups in total. The maximum atomic E-state index is 12.4. The smallest absolute Gasteiger partial charge is 0.307 e. The second kappa shape index (κ2) is 7.73. The van der Waals surface area contributed by atoms with Crippen molar-refractivity contribution in [1.29, 1.82) is 0 Å². The maximum Gasteiger partial charge on any atom is 0.307 e. The lowest BCUT2D eigenvalue weighted by atomic mass is 10.2. The summed E-state index contributed by atoms with van der Waals surface area (Å²) in [4.78, 5) is 33.1. The Kier molecular flexibility index (Phi) is 4.98. The number of carbonyl (C=O) groups excluding carboxylic acids is 1. The predicted octanol–water partition coefficient (Wildman–Crippen LogP) is 2.39. The molecule has 0 unspecified atom stereocenters. The van der Waals surface area contributed by atoms with Crippen molar-refractivity contribution >= 4 is 28.3 Å². The van der Waals surface area contributed by atoms with E-state index in [-0.39, 0.29) is 25.1 Å². The van der Waals surface area contributed by atoms with Gasteiger partial charge in [-0.15, -0.1) is 11.3 Å². The van der Waals surface area contributed by atoms with Gasteiger partial charge >= 0.3 is 5.97 Å². The number of aryl methyl sites for hydroxylation is 2. The molecule has 8 nitrogen and oxygen atoms in total. The molecule has 9 heteroatoms. The molecule has 0 fully saturated rings. The molecule has 0 spiro atoms. The van der Waals surface area contributed by atoms with Gasteiger partial charge in [-0.2, -0.15) is 5.10 Å². The third-order valence-electron chi connectivity index (χ3n) is 4.23. The van der Waals surface area contributed by atoms with Crippen molar-refractivity contribution in [1.82, 2.24) is 24.3 Å². The summed E-state index contributed by atoms with van der Waals surface area (Å²) in [6, 6.07) is 9.83. The molecular weight excluding hydrogens is 378 g/mol. The van der Waals surface area contributed by atoms with Crippen LogP contribution in [0.3, 0.4) is 0 Å². The molecule has 0 amide bonds. The average molecular weight is 395 g/mol. The van der Waals surface area contributed by atoms with Gasteiger partial charge < -0.3 is 4.74 Å². The fourth-order valence-electron chi connectivity index (χ4n) is 2.75. The summed E-state index contributed by atoms with van der Waals surface area (Å²) in [5.41, 5.74) is 2.02. The first kappa shape index (κ1) is 18.1. The van der Waals surface area contributed by atoms with Gasteiger partial charge in [0.2, 0.25) is 0 Å². The summed E-state index contributed by atoms with van der Waals surface area (Å²) < 4.78 is 8.21. The van der Waals surface area contributed by atoms with Crippen molar-refractivity contribution < 1.29 is 9.53 Å². The molecule has 3 aromatic heterocycles. The van der Waals surface area contributed by atoms with Gasteiger partial charge in [0.15, 0.2) is 5.65 Å². The van der Waals surface area contributed by atoms with Crippen molar-refractivity contribution in [3.8, 4) is 10.6 Å². The van der Waals surface area contributed by atoms with Crippen LogP contribution < -0.4 is 5.56 Å². The number of hydrogen-bond donors (Lipinski definition) is 0. The van der Waals surface area contributed by atoms with E-state index < -0.39 is 5.97 Å². The fraction of sp³-hybridized carbons (Fsp3) is 0.211. The summed E-state index contributed by atoms with van der Waals surface area (Å²) in [6.45, 7) is 0.304. The van der Waals surface area contributed by atoms with Crippen LogP contribution in [0.2, 0.25) is 0 Å². The highest BCUT2D eigenvalue weighted by Gasteiger charge is 2.11. The number of rotatable bonds is 6. The number of esters is 1. The van der Waals surface area contributed by atoms with Crippen LogP contribution in [0.15, 0.2) is 53.0 Å². The Bertz CT molecular complexity index is 1180. The van der Waals surface area contributed by atoms with E-state index in [0.717, 1.165) is 10.6 Å². The first-order valence-electron chi connectivity index (χ1n) is 8.64. The zero-order valence-electron chi connectivity index (χ0n) is 15.1. The minimum atomic E-state index is -0.396. The molecule has 0 aliphatic heterocycles. The monoisotopic (exact) mass is 395 g/mol. The number of ether oxygens (including phenoxy) is 1. The predicted molar refractivity (Wildman–Crippen MR) is 105 cm³/mol. The Balaban J connectivity index is 1.34. The summed E-state index contributed by atoms with van der Waals surface area (Å²) >= 11 is 1.51. The number of aromatic nitrogens is 5. The van der Waals surface area contributed by atoms with E-state index in [1.807, 2.05) is 35.7 Å². The molecule has 0 aliphatic rings. The van der Waals surface area contributed by atoms with E-state index in [1.54, 1.807) is 7.05 Å². The number of thiazole rings is 1. The van der Waals surface area contributed by atoms with E-state index in [9.17, 15) is 9.59 Å². The summed E-state index contributed by atoms with van der Waals surface area (Å²) in [5.74, 6) is -0.396. The summed E-state index contributed by atoms with van der Waals surface area (Å²) in [7, 11) is 1.72. The molecular formula is C19H17N5O3S. The number of fused-ring (bicyclic) bond motifs is 1. The standard InChI is InChI=1S/C19H17N5O3S/c1-23-17-15(9-21-23)19(26)24(12-20-17)8-7-16(25)27-10-14-11-28-18(22-14)13-5-3-2-4-6-13/h2-6,9,11-12H,7-8,10H2,1H3. The fourth-order valence-corrected chi connectivity index (χ4v) is 3.56. The second-order valence-corrected chi connectivity index (χ2v) is 7.03. The Morgan fingerprint density at radius 1 is 1.25 bits per heavy atom. The Morgan fingerprint density at radius 3 is 2.89 bits per heavy atom. The highest BCUT2D eigenvalue weighted by molar-refractivity contribution is 7.13. The highest BCUT2D eigenvalue weighted by atomic mass is 32.1. The second-order valence-electron chi connectivity index (χ2n) is 6.17. The molecule has 0 saturated carbocycles. The summed E-state index contributed by atoms with van der Waals surface area (Å²) in [6.07, 6.45) is 2.97. The van der Waals surface area contributed by atoms with Gasteiger partial charge in [0.25, 0.3) is 5.56 Å². The van der Waals surface area contributed by atoms with Crippen LogP contribution in [-0.4, -0.2) is 30.3 Å². The minimum Gasteiger partial charge on any atom is -0.459 e. The molecule has 4 aromatic rings. The topological polar surface area (TPSA) is 91.9 Å². The van der Waals surface area contributed by atoms with Crippen LogP contribution in [0.1, 0.15) is 12.1 Å². The van der Waals surface area contributed by atoms with Crippen molar-refractivity contribution in [3.63, 3.8) is 0 Å². The Labute approximate surface area is 164 Å². The highest BCUT2D eigenvalue weighted by Crippen LogP contribution is 2.23. The summed E-state index contributed by atoms with van der Waals surface area (Å²) in [5, 5.41) is 7.21. The van der Waals surface area contributed by atoms with E-state index in [0.29, 0.717) is 16.7 Å². The van der Waals surface area contributed by atoms with Gasteiger partial charge in [-0.25, -0.2) is 9.97 Å². The van der Waals surface area contributed by atoms with Crippen molar-refractivity contribution in [2.75, 3.05) is 0 Å². The third-order valence-corrected chi connectivity index (χ3v) is 5.17. The Morgan fingerprint density at radius 2 is 2.07 bits per heavy atom.